The van der Waals surface area contributed by atoms with Crippen LogP contribution in [-0.4, -0.2) is 42.7 Å². The predicted octanol–water partition coefficient (Wildman–Crippen LogP) is 0.550. The van der Waals surface area contributed by atoms with Crippen molar-refractivity contribution in [3.63, 3.8) is 0 Å². The van der Waals surface area contributed by atoms with Crippen molar-refractivity contribution >= 4 is 0 Å². The molecule has 0 aliphatic carbocycles. The van der Waals surface area contributed by atoms with Gasteiger partial charge in [0.05, 0.1) is 0 Å². The second-order valence-corrected chi connectivity index (χ2v) is 4.85. The minimum Gasteiger partial charge on any atom is -0.328 e. The summed E-state index contributed by atoms with van der Waals surface area (Å²) in [7, 11) is 0. The first-order valence-electron chi connectivity index (χ1n) is 5.99. The van der Waals surface area contributed by atoms with Crippen LogP contribution in [0.25, 0.3) is 0 Å². The fraction of sp³-hybridized carbons (Fsp3) is 1.00. The van der Waals surface area contributed by atoms with Gasteiger partial charge < -0.3 is 11.1 Å². The van der Waals surface area contributed by atoms with Gasteiger partial charge in [0, 0.05) is 24.7 Å². The van der Waals surface area contributed by atoms with Crippen molar-refractivity contribution in [2.75, 3.05) is 19.6 Å². The third-order valence-electron chi connectivity index (χ3n) is 3.75. The maximum Gasteiger partial charge on any atom is 0.0122 e. The maximum atomic E-state index is 5.98. The molecule has 0 aromatic carbocycles. The summed E-state index contributed by atoms with van der Waals surface area (Å²) in [6.45, 7) is 5.94. The van der Waals surface area contributed by atoms with Gasteiger partial charge in [-0.1, -0.05) is 0 Å². The average Bonchev–Trinajstić information content (AvgIpc) is 2.19. The molecule has 0 aromatic heterocycles. The van der Waals surface area contributed by atoms with Gasteiger partial charge in [0.2, 0.25) is 0 Å². The lowest BCUT2D eigenvalue weighted by Crippen LogP contribution is -2.52. The second-order valence-electron chi connectivity index (χ2n) is 4.85. The molecule has 3 nitrogen and oxygen atoms in total. The lowest BCUT2D eigenvalue weighted by Gasteiger charge is -2.43. The fourth-order valence-corrected chi connectivity index (χ4v) is 2.91. The number of nitrogens with two attached hydrogens (primary N) is 1. The van der Waals surface area contributed by atoms with Gasteiger partial charge in [0.25, 0.3) is 0 Å². The van der Waals surface area contributed by atoms with Crippen molar-refractivity contribution in [2.45, 2.75) is 50.7 Å². The van der Waals surface area contributed by atoms with Gasteiger partial charge in [-0.25, -0.2) is 0 Å². The minimum absolute atomic E-state index is 0.447. The summed E-state index contributed by atoms with van der Waals surface area (Å²) >= 11 is 0. The monoisotopic (exact) mass is 197 g/mol. The summed E-state index contributed by atoms with van der Waals surface area (Å²) in [5.41, 5.74) is 5.98. The van der Waals surface area contributed by atoms with Crippen LogP contribution < -0.4 is 11.1 Å². The summed E-state index contributed by atoms with van der Waals surface area (Å²) in [6, 6.07) is 1.96. The molecule has 0 spiro atoms. The Hall–Kier alpha value is -0.120. The molecule has 2 atom stereocenters. The van der Waals surface area contributed by atoms with Crippen LogP contribution in [0.4, 0.5) is 0 Å². The van der Waals surface area contributed by atoms with Crippen LogP contribution in [0.3, 0.4) is 0 Å². The van der Waals surface area contributed by atoms with Crippen LogP contribution in [0.15, 0.2) is 0 Å². The van der Waals surface area contributed by atoms with E-state index in [1.165, 1.54) is 45.3 Å². The van der Waals surface area contributed by atoms with E-state index in [4.69, 9.17) is 5.73 Å². The number of likely N-dealkylation sites (tertiary alicyclic amines) is 1. The highest BCUT2D eigenvalue weighted by Crippen LogP contribution is 2.22. The number of nitrogens with one attached hydrogen (secondary N) is 1. The molecule has 2 saturated heterocycles. The SMILES string of the molecule is CC1CC(N)CCN1C1CCNCC1. The molecular formula is C11H23N3. The Labute approximate surface area is 87.0 Å². The van der Waals surface area contributed by atoms with E-state index < -0.39 is 0 Å². The molecule has 0 bridgehead atoms. The van der Waals surface area contributed by atoms with E-state index in [0.717, 1.165) is 6.04 Å². The van der Waals surface area contributed by atoms with Gasteiger partial charge in [0.15, 0.2) is 0 Å². The number of hydrogen-bond donors (Lipinski definition) is 2. The second kappa shape index (κ2) is 4.60. The third-order valence-corrected chi connectivity index (χ3v) is 3.75. The smallest absolute Gasteiger partial charge is 0.0122 e. The van der Waals surface area contributed by atoms with E-state index in [1.807, 2.05) is 0 Å². The Balaban J connectivity index is 1.89. The zero-order chi connectivity index (χ0) is 9.97. The first-order chi connectivity index (χ1) is 6.77. The molecule has 0 saturated carbocycles. The molecule has 2 aliphatic heterocycles. The van der Waals surface area contributed by atoms with Crippen molar-refractivity contribution in [3.8, 4) is 0 Å². The Morgan fingerprint density at radius 2 is 1.93 bits per heavy atom. The van der Waals surface area contributed by atoms with Crippen molar-refractivity contribution in [2.24, 2.45) is 5.73 Å². The Bertz CT molecular complexity index is 177. The first-order valence-corrected chi connectivity index (χ1v) is 5.99. The molecular weight excluding hydrogens is 174 g/mol. The molecule has 14 heavy (non-hydrogen) atoms. The summed E-state index contributed by atoms with van der Waals surface area (Å²) in [4.78, 5) is 2.68. The molecule has 2 fully saturated rings. The lowest BCUT2D eigenvalue weighted by atomic mass is 9.94. The molecule has 2 unspecified atom stereocenters. The Morgan fingerprint density at radius 1 is 1.21 bits per heavy atom. The van der Waals surface area contributed by atoms with E-state index in [2.05, 4.69) is 17.1 Å². The Morgan fingerprint density at radius 3 is 2.57 bits per heavy atom. The highest BCUT2D eigenvalue weighted by atomic mass is 15.2. The molecule has 0 aromatic rings. The average molecular weight is 197 g/mol. The molecule has 2 heterocycles. The van der Waals surface area contributed by atoms with Crippen LogP contribution in [0, 0.1) is 0 Å². The van der Waals surface area contributed by atoms with Crippen molar-refractivity contribution < 1.29 is 0 Å². The molecule has 2 aliphatic rings. The van der Waals surface area contributed by atoms with Crippen LogP contribution >= 0.6 is 0 Å². The van der Waals surface area contributed by atoms with E-state index >= 15 is 0 Å². The van der Waals surface area contributed by atoms with Gasteiger partial charge in [-0.15, -0.1) is 0 Å². The summed E-state index contributed by atoms with van der Waals surface area (Å²) in [5, 5.41) is 3.43. The van der Waals surface area contributed by atoms with Gasteiger partial charge in [-0.05, 0) is 45.7 Å². The van der Waals surface area contributed by atoms with Gasteiger partial charge >= 0.3 is 0 Å². The van der Waals surface area contributed by atoms with Crippen LogP contribution in [-0.2, 0) is 0 Å². The molecule has 2 rings (SSSR count). The molecule has 0 radical (unpaired) electrons. The lowest BCUT2D eigenvalue weighted by molar-refractivity contribution is 0.0780. The maximum absolute atomic E-state index is 5.98. The zero-order valence-electron chi connectivity index (χ0n) is 9.21. The minimum atomic E-state index is 0.447. The zero-order valence-corrected chi connectivity index (χ0v) is 9.21. The number of piperidine rings is 2. The normalized spacial score (nSPS) is 37.3. The highest BCUT2D eigenvalue weighted by Gasteiger charge is 2.29. The van der Waals surface area contributed by atoms with Crippen molar-refractivity contribution in [1.29, 1.82) is 0 Å². The quantitative estimate of drug-likeness (QED) is 0.645. The fourth-order valence-electron chi connectivity index (χ4n) is 2.91. The highest BCUT2D eigenvalue weighted by molar-refractivity contribution is 4.87. The summed E-state index contributed by atoms with van der Waals surface area (Å²) in [6.07, 6.45) is 5.01. The molecule has 82 valence electrons. The molecule has 0 amide bonds. The third kappa shape index (κ3) is 2.27. The van der Waals surface area contributed by atoms with E-state index in [9.17, 15) is 0 Å². The molecule has 3 N–H and O–H groups in total. The van der Waals surface area contributed by atoms with Crippen LogP contribution in [0.1, 0.15) is 32.6 Å². The summed E-state index contributed by atoms with van der Waals surface area (Å²) in [5.74, 6) is 0. The van der Waals surface area contributed by atoms with E-state index in [0.29, 0.717) is 12.1 Å². The van der Waals surface area contributed by atoms with Crippen molar-refractivity contribution in [3.05, 3.63) is 0 Å². The molecule has 3 heteroatoms. The Kier molecular flexibility index (Phi) is 3.42. The van der Waals surface area contributed by atoms with Crippen LogP contribution in [0.2, 0.25) is 0 Å². The van der Waals surface area contributed by atoms with E-state index in [-0.39, 0.29) is 0 Å². The first kappa shape index (κ1) is 10.4. The number of hydrogen-bond acceptors (Lipinski definition) is 3. The van der Waals surface area contributed by atoms with Crippen molar-refractivity contribution in [1.82, 2.24) is 10.2 Å². The van der Waals surface area contributed by atoms with Gasteiger partial charge in [0.1, 0.15) is 0 Å². The number of nitrogens with zero attached hydrogens (tertiary/aromatic N) is 1. The summed E-state index contributed by atoms with van der Waals surface area (Å²) < 4.78 is 0. The number of rotatable bonds is 1. The van der Waals surface area contributed by atoms with Gasteiger partial charge in [-0.3, -0.25) is 4.90 Å². The largest absolute Gasteiger partial charge is 0.328 e. The van der Waals surface area contributed by atoms with E-state index in [1.54, 1.807) is 0 Å². The van der Waals surface area contributed by atoms with Gasteiger partial charge in [-0.2, -0.15) is 0 Å². The topological polar surface area (TPSA) is 41.3 Å². The predicted molar refractivity (Wildman–Crippen MR) is 59.3 cm³/mol. The van der Waals surface area contributed by atoms with Crippen LogP contribution in [0.5, 0.6) is 0 Å². The standard InChI is InChI=1S/C11H23N3/c1-9-8-10(12)4-7-14(9)11-2-5-13-6-3-11/h9-11,13H,2-8,12H2,1H3.